The van der Waals surface area contributed by atoms with E-state index in [4.69, 9.17) is 9.72 Å². The van der Waals surface area contributed by atoms with Crippen LogP contribution in [0.5, 0.6) is 5.75 Å². The fourth-order valence-corrected chi connectivity index (χ4v) is 3.11. The van der Waals surface area contributed by atoms with Crippen LogP contribution in [0.25, 0.3) is 11.4 Å². The van der Waals surface area contributed by atoms with Crippen molar-refractivity contribution in [3.63, 3.8) is 0 Å². The lowest BCUT2D eigenvalue weighted by Crippen LogP contribution is -2.36. The van der Waals surface area contributed by atoms with Gasteiger partial charge in [0, 0.05) is 50.1 Å². The Bertz CT molecular complexity index is 917. The van der Waals surface area contributed by atoms with Gasteiger partial charge in [-0.25, -0.2) is 9.97 Å². The van der Waals surface area contributed by atoms with Gasteiger partial charge in [-0.3, -0.25) is 4.99 Å². The topological polar surface area (TPSA) is 82.9 Å². The predicted molar refractivity (Wildman–Crippen MR) is 111 cm³/mol. The third-order valence-electron chi connectivity index (χ3n) is 4.59. The quantitative estimate of drug-likeness (QED) is 0.833. The molecular weight excluding hydrogens is 354 g/mol. The lowest BCUT2D eigenvalue weighted by Gasteiger charge is -2.28. The van der Waals surface area contributed by atoms with Gasteiger partial charge >= 0.3 is 0 Å². The van der Waals surface area contributed by atoms with E-state index in [1.165, 1.54) is 0 Å². The van der Waals surface area contributed by atoms with E-state index in [-0.39, 0.29) is 5.75 Å². The average molecular weight is 377 g/mol. The molecule has 28 heavy (non-hydrogen) atoms. The van der Waals surface area contributed by atoms with Crippen molar-refractivity contribution in [1.82, 2.24) is 9.97 Å². The standard InChI is InChI=1S/C21H23N5O2/c27-18-5-1-4-17(13-18)21-24-19(23-15-16-3-2-7-22-8-6-16)14-20(25-21)26-9-11-28-12-10-26/h1,3-8,13-14,27H,2,9-12,15H2,(H,23,24,25). The molecule has 2 N–H and O–H groups in total. The van der Waals surface area contributed by atoms with Gasteiger partial charge in [0.1, 0.15) is 17.4 Å². The van der Waals surface area contributed by atoms with E-state index in [9.17, 15) is 5.11 Å². The predicted octanol–water partition coefficient (Wildman–Crippen LogP) is 3.01. The van der Waals surface area contributed by atoms with Gasteiger partial charge in [-0.2, -0.15) is 0 Å². The molecule has 1 fully saturated rings. The lowest BCUT2D eigenvalue weighted by atomic mass is 10.2. The highest BCUT2D eigenvalue weighted by Crippen LogP contribution is 2.25. The summed E-state index contributed by atoms with van der Waals surface area (Å²) in [6, 6.07) is 8.98. The highest BCUT2D eigenvalue weighted by molar-refractivity contribution is 5.64. The molecule has 0 amide bonds. The van der Waals surface area contributed by atoms with E-state index < -0.39 is 0 Å². The minimum atomic E-state index is 0.195. The first-order chi connectivity index (χ1) is 13.8. The van der Waals surface area contributed by atoms with Crippen molar-refractivity contribution in [2.45, 2.75) is 6.42 Å². The van der Waals surface area contributed by atoms with E-state index in [0.717, 1.165) is 42.3 Å². The monoisotopic (exact) mass is 377 g/mol. The molecule has 2 aliphatic heterocycles. The van der Waals surface area contributed by atoms with Crippen molar-refractivity contribution in [2.75, 3.05) is 43.1 Å². The minimum absolute atomic E-state index is 0.195. The van der Waals surface area contributed by atoms with E-state index in [1.54, 1.807) is 24.4 Å². The number of benzene rings is 1. The number of hydrogen-bond acceptors (Lipinski definition) is 7. The molecule has 0 unspecified atom stereocenters. The van der Waals surface area contributed by atoms with Crippen LogP contribution in [0.15, 0.2) is 59.2 Å². The maximum atomic E-state index is 9.84. The van der Waals surface area contributed by atoms with E-state index in [0.29, 0.717) is 25.6 Å². The summed E-state index contributed by atoms with van der Waals surface area (Å²) in [6.45, 7) is 3.61. The molecule has 0 aliphatic carbocycles. The second kappa shape index (κ2) is 8.67. The molecular formula is C21H23N5O2. The first-order valence-electron chi connectivity index (χ1n) is 9.40. The van der Waals surface area contributed by atoms with Crippen LogP contribution in [-0.2, 0) is 4.74 Å². The number of anilines is 2. The molecule has 1 aromatic heterocycles. The molecule has 0 radical (unpaired) electrons. The van der Waals surface area contributed by atoms with Gasteiger partial charge < -0.3 is 20.1 Å². The van der Waals surface area contributed by atoms with Crippen LogP contribution in [0.2, 0.25) is 0 Å². The Labute approximate surface area is 164 Å². The first kappa shape index (κ1) is 18.2. The van der Waals surface area contributed by atoms with Crippen molar-refractivity contribution < 1.29 is 9.84 Å². The molecule has 7 nitrogen and oxygen atoms in total. The van der Waals surface area contributed by atoms with Crippen LogP contribution in [-0.4, -0.2) is 54.1 Å². The number of aliphatic imine (C=N–C) groups is 1. The van der Waals surface area contributed by atoms with Crippen LogP contribution in [0, 0.1) is 0 Å². The van der Waals surface area contributed by atoms with Crippen molar-refractivity contribution in [3.8, 4) is 17.1 Å². The summed E-state index contributed by atoms with van der Waals surface area (Å²) in [7, 11) is 0. The molecule has 4 rings (SSSR count). The van der Waals surface area contributed by atoms with E-state index >= 15 is 0 Å². The summed E-state index contributed by atoms with van der Waals surface area (Å²) >= 11 is 0. The number of morpholine rings is 1. The molecule has 3 heterocycles. The number of ether oxygens (including phenoxy) is 1. The molecule has 2 aromatic rings. The fourth-order valence-electron chi connectivity index (χ4n) is 3.11. The van der Waals surface area contributed by atoms with Crippen molar-refractivity contribution >= 4 is 17.9 Å². The van der Waals surface area contributed by atoms with Crippen LogP contribution in [0.1, 0.15) is 6.42 Å². The summed E-state index contributed by atoms with van der Waals surface area (Å²) < 4.78 is 5.46. The fraction of sp³-hybridized carbons (Fsp3) is 0.286. The van der Waals surface area contributed by atoms with Gasteiger partial charge in [0.25, 0.3) is 0 Å². The highest BCUT2D eigenvalue weighted by Gasteiger charge is 2.16. The van der Waals surface area contributed by atoms with Gasteiger partial charge in [0.15, 0.2) is 5.82 Å². The molecule has 0 spiro atoms. The SMILES string of the molecule is Oc1cccc(-c2nc(NCC3=CCC=NC=C3)cc(N3CCOCC3)n2)c1. The maximum absolute atomic E-state index is 9.84. The van der Waals surface area contributed by atoms with Crippen molar-refractivity contribution in [3.05, 3.63) is 54.3 Å². The normalized spacial score (nSPS) is 16.6. The van der Waals surface area contributed by atoms with E-state index in [2.05, 4.69) is 26.3 Å². The average Bonchev–Trinajstić information content (AvgIpc) is 3.02. The van der Waals surface area contributed by atoms with Gasteiger partial charge in [0.2, 0.25) is 0 Å². The van der Waals surface area contributed by atoms with Gasteiger partial charge in [-0.15, -0.1) is 0 Å². The highest BCUT2D eigenvalue weighted by atomic mass is 16.5. The Balaban J connectivity index is 1.62. The number of aromatic hydroxyl groups is 1. The Morgan fingerprint density at radius 2 is 2.04 bits per heavy atom. The number of phenolic OH excluding ortho intramolecular Hbond substituents is 1. The zero-order valence-corrected chi connectivity index (χ0v) is 15.6. The smallest absolute Gasteiger partial charge is 0.163 e. The molecule has 2 aliphatic rings. The number of allylic oxidation sites excluding steroid dienone is 1. The third kappa shape index (κ3) is 4.55. The Morgan fingerprint density at radius 1 is 1.14 bits per heavy atom. The first-order valence-corrected chi connectivity index (χ1v) is 9.40. The third-order valence-corrected chi connectivity index (χ3v) is 4.59. The molecule has 144 valence electrons. The molecule has 1 aromatic carbocycles. The van der Waals surface area contributed by atoms with Crippen LogP contribution < -0.4 is 10.2 Å². The van der Waals surface area contributed by atoms with Crippen molar-refractivity contribution in [1.29, 1.82) is 0 Å². The number of nitrogens with zero attached hydrogens (tertiary/aromatic N) is 4. The molecule has 1 saturated heterocycles. The minimum Gasteiger partial charge on any atom is -0.508 e. The Morgan fingerprint density at radius 3 is 2.89 bits per heavy atom. The largest absolute Gasteiger partial charge is 0.508 e. The zero-order valence-electron chi connectivity index (χ0n) is 15.6. The number of phenols is 1. The van der Waals surface area contributed by atoms with Gasteiger partial charge in [0.05, 0.1) is 13.2 Å². The maximum Gasteiger partial charge on any atom is 0.163 e. The van der Waals surface area contributed by atoms with Crippen LogP contribution in [0.4, 0.5) is 11.6 Å². The zero-order chi connectivity index (χ0) is 19.2. The molecule has 0 bridgehead atoms. The Kier molecular flexibility index (Phi) is 5.63. The summed E-state index contributed by atoms with van der Waals surface area (Å²) in [5.74, 6) is 2.37. The molecule has 7 heteroatoms. The second-order valence-corrected chi connectivity index (χ2v) is 6.60. The molecule has 0 saturated carbocycles. The van der Waals surface area contributed by atoms with Gasteiger partial charge in [-0.1, -0.05) is 18.2 Å². The molecule has 0 atom stereocenters. The van der Waals surface area contributed by atoms with Crippen LogP contribution in [0.3, 0.4) is 0 Å². The summed E-state index contributed by atoms with van der Waals surface area (Å²) in [6.07, 6.45) is 8.64. The summed E-state index contributed by atoms with van der Waals surface area (Å²) in [4.78, 5) is 15.8. The van der Waals surface area contributed by atoms with E-state index in [1.807, 2.05) is 24.4 Å². The number of hydrogen-bond donors (Lipinski definition) is 2. The number of rotatable bonds is 5. The van der Waals surface area contributed by atoms with Crippen LogP contribution >= 0.6 is 0 Å². The number of nitrogens with one attached hydrogen (secondary N) is 1. The summed E-state index contributed by atoms with van der Waals surface area (Å²) in [5.41, 5.74) is 1.93. The second-order valence-electron chi connectivity index (χ2n) is 6.60. The van der Waals surface area contributed by atoms with Gasteiger partial charge in [-0.05, 0) is 23.8 Å². The van der Waals surface area contributed by atoms with Crippen molar-refractivity contribution in [2.24, 2.45) is 4.99 Å². The lowest BCUT2D eigenvalue weighted by molar-refractivity contribution is 0.122. The number of aromatic nitrogens is 2. The Hall–Kier alpha value is -3.19. The summed E-state index contributed by atoms with van der Waals surface area (Å²) in [5, 5.41) is 13.2.